The molecular formula is C23H22ClN3O2S2. The first-order valence-corrected chi connectivity index (χ1v) is 11.8. The van der Waals surface area contributed by atoms with Gasteiger partial charge in [-0.3, -0.25) is 19.3 Å². The third-order valence-electron chi connectivity index (χ3n) is 5.21. The van der Waals surface area contributed by atoms with E-state index in [9.17, 15) is 9.90 Å². The lowest BCUT2D eigenvalue weighted by molar-refractivity contribution is 0.398. The zero-order valence-electron chi connectivity index (χ0n) is 17.0. The van der Waals surface area contributed by atoms with E-state index < -0.39 is 5.56 Å². The monoisotopic (exact) mass is 471 g/mol. The summed E-state index contributed by atoms with van der Waals surface area (Å²) in [6.45, 7) is 2.59. The summed E-state index contributed by atoms with van der Waals surface area (Å²) in [7, 11) is 0. The zero-order chi connectivity index (χ0) is 22.0. The Morgan fingerprint density at radius 3 is 2.74 bits per heavy atom. The van der Waals surface area contributed by atoms with Gasteiger partial charge in [0.15, 0.2) is 4.77 Å². The minimum absolute atomic E-state index is 0.00531. The number of rotatable bonds is 5. The maximum absolute atomic E-state index is 12.9. The number of benzene rings is 2. The van der Waals surface area contributed by atoms with Crippen LogP contribution in [0.3, 0.4) is 0 Å². The highest BCUT2D eigenvalue weighted by Gasteiger charge is 2.26. The number of aromatic amines is 1. The molecule has 0 radical (unpaired) electrons. The number of aliphatic imine (C=N–C) groups is 1. The number of halogens is 1. The lowest BCUT2D eigenvalue weighted by Gasteiger charge is -2.17. The van der Waals surface area contributed by atoms with E-state index in [1.165, 1.54) is 0 Å². The molecule has 0 bridgehead atoms. The van der Waals surface area contributed by atoms with E-state index in [0.717, 1.165) is 29.0 Å². The third-order valence-corrected chi connectivity index (χ3v) is 7.10. The van der Waals surface area contributed by atoms with Crippen LogP contribution in [0.25, 0.3) is 0 Å². The number of nitrogens with one attached hydrogen (secondary N) is 1. The van der Waals surface area contributed by atoms with Gasteiger partial charge in [-0.1, -0.05) is 49.2 Å². The fourth-order valence-electron chi connectivity index (χ4n) is 3.58. The average molecular weight is 472 g/mol. The van der Waals surface area contributed by atoms with Crippen molar-refractivity contribution in [2.24, 2.45) is 4.99 Å². The topological polar surface area (TPSA) is 70.4 Å². The molecule has 0 saturated carbocycles. The first-order valence-electron chi connectivity index (χ1n) is 10.1. The molecular weight excluding hydrogens is 450 g/mol. The molecule has 0 spiro atoms. The molecule has 2 N–H and O–H groups in total. The first-order chi connectivity index (χ1) is 15.0. The largest absolute Gasteiger partial charge is 0.494 e. The minimum atomic E-state index is -0.423. The van der Waals surface area contributed by atoms with Crippen LogP contribution in [-0.2, 0) is 6.54 Å². The van der Waals surface area contributed by atoms with Crippen LogP contribution < -0.4 is 5.56 Å². The van der Waals surface area contributed by atoms with Gasteiger partial charge in [-0.05, 0) is 48.5 Å². The molecule has 1 aliphatic rings. The van der Waals surface area contributed by atoms with E-state index in [1.807, 2.05) is 48.5 Å². The number of H-pyrrole nitrogens is 1. The van der Waals surface area contributed by atoms with Gasteiger partial charge in [-0.15, -0.1) is 11.8 Å². The molecule has 4 rings (SSSR count). The number of aromatic nitrogens is 2. The van der Waals surface area contributed by atoms with E-state index >= 15 is 0 Å². The second-order valence-electron chi connectivity index (χ2n) is 7.35. The highest BCUT2D eigenvalue weighted by atomic mass is 35.5. The van der Waals surface area contributed by atoms with Crippen molar-refractivity contribution in [2.45, 2.75) is 42.9 Å². The fraction of sp³-hybridized carbons (Fsp3) is 0.261. The van der Waals surface area contributed by atoms with Crippen LogP contribution in [0.4, 0.5) is 5.69 Å². The van der Waals surface area contributed by atoms with Gasteiger partial charge < -0.3 is 5.11 Å². The molecule has 0 amide bonds. The van der Waals surface area contributed by atoms with E-state index in [1.54, 1.807) is 16.3 Å². The molecule has 8 heteroatoms. The van der Waals surface area contributed by atoms with Crippen molar-refractivity contribution in [1.29, 1.82) is 0 Å². The summed E-state index contributed by atoms with van der Waals surface area (Å²) in [6, 6.07) is 15.5. The maximum atomic E-state index is 12.9. The van der Waals surface area contributed by atoms with Crippen LogP contribution in [0.15, 0.2) is 63.2 Å². The number of unbranched alkanes of at least 4 members (excludes halogenated alkanes) is 1. The third kappa shape index (κ3) is 4.63. The molecule has 1 aromatic heterocycles. The maximum Gasteiger partial charge on any atom is 0.264 e. The molecule has 2 aromatic carbocycles. The lowest BCUT2D eigenvalue weighted by Crippen LogP contribution is -2.24. The second-order valence-corrected chi connectivity index (χ2v) is 9.42. The van der Waals surface area contributed by atoms with E-state index in [2.05, 4.69) is 11.9 Å². The molecule has 0 unspecified atom stereocenters. The van der Waals surface area contributed by atoms with E-state index in [0.29, 0.717) is 23.7 Å². The molecule has 0 saturated heterocycles. The Balaban J connectivity index is 1.87. The summed E-state index contributed by atoms with van der Waals surface area (Å²) in [5.74, 6) is -0.125. The van der Waals surface area contributed by atoms with Gasteiger partial charge in [0.2, 0.25) is 5.88 Å². The summed E-state index contributed by atoms with van der Waals surface area (Å²) in [4.78, 5) is 21.5. The highest BCUT2D eigenvalue weighted by molar-refractivity contribution is 7.99. The van der Waals surface area contributed by atoms with Gasteiger partial charge in [0.25, 0.3) is 5.56 Å². The zero-order valence-corrected chi connectivity index (χ0v) is 19.4. The van der Waals surface area contributed by atoms with Crippen LogP contribution in [-0.4, -0.2) is 20.4 Å². The number of thioether (sulfide) groups is 1. The van der Waals surface area contributed by atoms with Gasteiger partial charge in [-0.2, -0.15) is 0 Å². The normalized spacial score (nSPS) is 15.8. The smallest absolute Gasteiger partial charge is 0.264 e. The first kappa shape index (κ1) is 21.9. The predicted octanol–water partition coefficient (Wildman–Crippen LogP) is 6.42. The van der Waals surface area contributed by atoms with E-state index in [4.69, 9.17) is 28.8 Å². The molecule has 0 aliphatic carbocycles. The van der Waals surface area contributed by atoms with Crippen LogP contribution in [0.5, 0.6) is 5.88 Å². The van der Waals surface area contributed by atoms with Crippen LogP contribution in [0, 0.1) is 4.77 Å². The average Bonchev–Trinajstić information content (AvgIpc) is 2.93. The molecule has 2 heterocycles. The number of hydrogen-bond acceptors (Lipinski definition) is 5. The summed E-state index contributed by atoms with van der Waals surface area (Å²) < 4.78 is 1.80. The molecule has 160 valence electrons. The van der Waals surface area contributed by atoms with Crippen LogP contribution in [0.1, 0.15) is 42.6 Å². The van der Waals surface area contributed by atoms with Gasteiger partial charge >= 0.3 is 0 Å². The predicted molar refractivity (Wildman–Crippen MR) is 130 cm³/mol. The SMILES string of the molecule is CCCCn1c(O)c(C2=Nc3ccccc3S[C@H](c3ccc(Cl)cc3)C2)c(=O)[nH]c1=S. The number of fused-ring (bicyclic) bond motifs is 1. The summed E-state index contributed by atoms with van der Waals surface area (Å²) in [5.41, 5.74) is 2.15. The summed E-state index contributed by atoms with van der Waals surface area (Å²) >= 11 is 13.1. The van der Waals surface area contributed by atoms with Crippen molar-refractivity contribution in [3.8, 4) is 5.88 Å². The Morgan fingerprint density at radius 1 is 1.26 bits per heavy atom. The van der Waals surface area contributed by atoms with Crippen LogP contribution in [0.2, 0.25) is 5.02 Å². The molecule has 3 aromatic rings. The standard InChI is InChI=1S/C23H22ClN3O2S2/c1-2-3-12-27-22(29)20(21(28)26-23(27)30)17-13-19(14-8-10-15(24)11-9-14)31-18-7-5-4-6-16(18)25-17/h4-11,19,29H,2-3,12-13H2,1H3,(H,26,28,30)/t19-/m0/s1. The van der Waals surface area contributed by atoms with Gasteiger partial charge in [0, 0.05) is 28.1 Å². The Hall–Kier alpha value is -2.35. The van der Waals surface area contributed by atoms with Gasteiger partial charge in [0.1, 0.15) is 5.56 Å². The highest BCUT2D eigenvalue weighted by Crippen LogP contribution is 2.45. The Bertz CT molecular complexity index is 1250. The van der Waals surface area contributed by atoms with E-state index in [-0.39, 0.29) is 21.5 Å². The fourth-order valence-corrected chi connectivity index (χ4v) is 5.20. The number of nitrogens with zero attached hydrogens (tertiary/aromatic N) is 2. The van der Waals surface area contributed by atoms with Gasteiger partial charge in [0.05, 0.1) is 11.4 Å². The second kappa shape index (κ2) is 9.42. The molecule has 31 heavy (non-hydrogen) atoms. The van der Waals surface area contributed by atoms with Crippen molar-refractivity contribution in [3.05, 3.63) is 79.8 Å². The van der Waals surface area contributed by atoms with Crippen molar-refractivity contribution in [3.63, 3.8) is 0 Å². The Labute approximate surface area is 194 Å². The molecule has 1 aliphatic heterocycles. The lowest BCUT2D eigenvalue weighted by atomic mass is 10.0. The number of aromatic hydroxyl groups is 1. The van der Waals surface area contributed by atoms with Crippen molar-refractivity contribution >= 4 is 47.0 Å². The minimum Gasteiger partial charge on any atom is -0.494 e. The number of para-hydroxylation sites is 1. The molecule has 5 nitrogen and oxygen atoms in total. The molecule has 0 fully saturated rings. The van der Waals surface area contributed by atoms with Crippen molar-refractivity contribution in [1.82, 2.24) is 9.55 Å². The summed E-state index contributed by atoms with van der Waals surface area (Å²) in [5, 5.41) is 11.7. The van der Waals surface area contributed by atoms with Gasteiger partial charge in [-0.25, -0.2) is 0 Å². The number of hydrogen-bond donors (Lipinski definition) is 2. The van der Waals surface area contributed by atoms with Crippen molar-refractivity contribution < 1.29 is 5.11 Å². The van der Waals surface area contributed by atoms with Crippen LogP contribution >= 0.6 is 35.6 Å². The summed E-state index contributed by atoms with van der Waals surface area (Å²) in [6.07, 6.45) is 2.26. The quantitative estimate of drug-likeness (QED) is 0.421. The Kier molecular flexibility index (Phi) is 6.65. The Morgan fingerprint density at radius 2 is 2.00 bits per heavy atom. The molecule has 1 atom stereocenters. The van der Waals surface area contributed by atoms with Crippen molar-refractivity contribution in [2.75, 3.05) is 0 Å².